The molecule has 0 spiro atoms. The lowest BCUT2D eigenvalue weighted by molar-refractivity contribution is -0.119. The van der Waals surface area contributed by atoms with Crippen molar-refractivity contribution in [3.63, 3.8) is 0 Å². The van der Waals surface area contributed by atoms with Crippen molar-refractivity contribution >= 4 is 5.91 Å². The molecule has 1 aliphatic heterocycles. The zero-order valence-corrected chi connectivity index (χ0v) is 6.39. The van der Waals surface area contributed by atoms with Crippen molar-refractivity contribution in [1.29, 1.82) is 0 Å². The average molecular weight is 152 g/mol. The zero-order chi connectivity index (χ0) is 8.10. The molecule has 1 amide bonds. The minimum atomic E-state index is 0.150. The fraction of sp³-hybridized carbons (Fsp3) is 0.625. The Balaban J connectivity index is 2.09. The third-order valence-corrected chi connectivity index (χ3v) is 1.70. The number of nitrogens with one attached hydrogen (secondary N) is 2. The first-order valence-corrected chi connectivity index (χ1v) is 3.76. The van der Waals surface area contributed by atoms with E-state index >= 15 is 0 Å². The fourth-order valence-corrected chi connectivity index (χ4v) is 1.15. The Hall–Kier alpha value is -1.01. The van der Waals surface area contributed by atoms with E-state index < -0.39 is 0 Å². The minimum Gasteiger partial charge on any atom is -0.352 e. The molecular weight excluding hydrogens is 140 g/mol. The van der Waals surface area contributed by atoms with Gasteiger partial charge in [0, 0.05) is 19.0 Å². The number of rotatable bonds is 3. The number of carbonyl (C=O) groups excluding carboxylic acids is 1. The first-order valence-electron chi connectivity index (χ1n) is 3.76. The van der Waals surface area contributed by atoms with E-state index in [1.165, 1.54) is 0 Å². The van der Waals surface area contributed by atoms with E-state index in [1.807, 2.05) is 0 Å². The molecule has 1 unspecified atom stereocenters. The number of carbonyl (C=O) groups is 1. The van der Waals surface area contributed by atoms with Gasteiger partial charge in [0.1, 0.15) is 0 Å². The first kappa shape index (κ1) is 8.09. The molecule has 0 bridgehead atoms. The van der Waals surface area contributed by atoms with E-state index in [-0.39, 0.29) is 11.9 Å². The lowest BCUT2D eigenvalue weighted by atomic mass is 10.2. The van der Waals surface area contributed by atoms with Gasteiger partial charge in [-0.3, -0.25) is 4.79 Å². The van der Waals surface area contributed by atoms with E-state index in [0.717, 1.165) is 13.0 Å². The Bertz CT molecular complexity index is 183. The first-order chi connectivity index (χ1) is 5.33. The van der Waals surface area contributed by atoms with Crippen LogP contribution in [-0.2, 0) is 4.79 Å². The van der Waals surface area contributed by atoms with Gasteiger partial charge in [-0.25, -0.2) is 0 Å². The molecule has 0 aromatic rings. The average Bonchev–Trinajstić information content (AvgIpc) is 2.37. The van der Waals surface area contributed by atoms with Crippen LogP contribution in [0, 0.1) is 12.3 Å². The summed E-state index contributed by atoms with van der Waals surface area (Å²) in [6.45, 7) is 1.36. The lowest BCUT2D eigenvalue weighted by Gasteiger charge is -2.08. The summed E-state index contributed by atoms with van der Waals surface area (Å²) < 4.78 is 0. The molecule has 0 radical (unpaired) electrons. The van der Waals surface area contributed by atoms with Gasteiger partial charge in [-0.15, -0.1) is 6.42 Å². The predicted molar refractivity (Wildman–Crippen MR) is 42.9 cm³/mol. The second-order valence-electron chi connectivity index (χ2n) is 2.64. The van der Waals surface area contributed by atoms with Crippen molar-refractivity contribution < 1.29 is 4.79 Å². The Kier molecular flexibility index (Phi) is 2.94. The van der Waals surface area contributed by atoms with Crippen LogP contribution in [0.5, 0.6) is 0 Å². The lowest BCUT2D eigenvalue weighted by Crippen LogP contribution is -2.35. The molecule has 2 N–H and O–H groups in total. The number of hydrogen-bond acceptors (Lipinski definition) is 2. The zero-order valence-electron chi connectivity index (χ0n) is 6.39. The molecular formula is C8H12N2O. The Morgan fingerprint density at radius 2 is 2.64 bits per heavy atom. The molecule has 3 heteroatoms. The Morgan fingerprint density at radius 3 is 3.18 bits per heavy atom. The summed E-state index contributed by atoms with van der Waals surface area (Å²) in [5.74, 6) is 2.63. The van der Waals surface area contributed by atoms with Gasteiger partial charge in [-0.05, 0) is 6.42 Å². The van der Waals surface area contributed by atoms with Crippen LogP contribution in [0.3, 0.4) is 0 Å². The van der Waals surface area contributed by atoms with Gasteiger partial charge >= 0.3 is 0 Å². The van der Waals surface area contributed by atoms with Crippen LogP contribution < -0.4 is 10.6 Å². The van der Waals surface area contributed by atoms with Gasteiger partial charge in [-0.1, -0.05) is 5.92 Å². The SMILES string of the molecule is C#CCNCC1CCC(=O)N1. The molecule has 1 aliphatic rings. The standard InChI is InChI=1S/C8H12N2O/c1-2-5-9-6-7-3-4-8(11)10-7/h1,7,9H,3-6H2,(H,10,11). The molecule has 1 saturated heterocycles. The van der Waals surface area contributed by atoms with Gasteiger partial charge in [0.2, 0.25) is 5.91 Å². The maximum Gasteiger partial charge on any atom is 0.220 e. The molecule has 0 saturated carbocycles. The molecule has 1 heterocycles. The van der Waals surface area contributed by atoms with Crippen molar-refractivity contribution in [3.05, 3.63) is 0 Å². The summed E-state index contributed by atoms with van der Waals surface area (Å²) in [5.41, 5.74) is 0. The second kappa shape index (κ2) is 3.99. The molecule has 1 atom stereocenters. The van der Waals surface area contributed by atoms with E-state index in [1.54, 1.807) is 0 Å². The van der Waals surface area contributed by atoms with E-state index in [4.69, 9.17) is 6.42 Å². The quantitative estimate of drug-likeness (QED) is 0.422. The largest absolute Gasteiger partial charge is 0.352 e. The van der Waals surface area contributed by atoms with E-state index in [0.29, 0.717) is 13.0 Å². The smallest absolute Gasteiger partial charge is 0.220 e. The van der Waals surface area contributed by atoms with Crippen molar-refractivity contribution in [2.24, 2.45) is 0 Å². The van der Waals surface area contributed by atoms with Crippen LogP contribution in [0.25, 0.3) is 0 Å². The molecule has 3 nitrogen and oxygen atoms in total. The summed E-state index contributed by atoms with van der Waals surface area (Å²) in [6, 6.07) is 0.288. The Labute approximate surface area is 66.5 Å². The Morgan fingerprint density at radius 1 is 1.82 bits per heavy atom. The highest BCUT2D eigenvalue weighted by atomic mass is 16.1. The van der Waals surface area contributed by atoms with E-state index in [2.05, 4.69) is 16.6 Å². The summed E-state index contributed by atoms with van der Waals surface area (Å²) in [6.07, 6.45) is 6.62. The van der Waals surface area contributed by atoms with Crippen LogP contribution in [0.4, 0.5) is 0 Å². The van der Waals surface area contributed by atoms with Crippen LogP contribution in [-0.4, -0.2) is 25.0 Å². The highest BCUT2D eigenvalue weighted by molar-refractivity contribution is 5.78. The van der Waals surface area contributed by atoms with Crippen LogP contribution in [0.2, 0.25) is 0 Å². The maximum atomic E-state index is 10.7. The van der Waals surface area contributed by atoms with E-state index in [9.17, 15) is 4.79 Å². The summed E-state index contributed by atoms with van der Waals surface area (Å²) in [4.78, 5) is 10.7. The summed E-state index contributed by atoms with van der Waals surface area (Å²) in [7, 11) is 0. The number of terminal acetylenes is 1. The van der Waals surface area contributed by atoms with Crippen molar-refractivity contribution in [2.75, 3.05) is 13.1 Å². The maximum absolute atomic E-state index is 10.7. The molecule has 0 aliphatic carbocycles. The van der Waals surface area contributed by atoms with Gasteiger partial charge in [0.25, 0.3) is 0 Å². The third kappa shape index (κ3) is 2.60. The molecule has 1 rings (SSSR count). The van der Waals surface area contributed by atoms with Crippen LogP contribution >= 0.6 is 0 Å². The molecule has 0 aromatic heterocycles. The van der Waals surface area contributed by atoms with Crippen molar-refractivity contribution in [3.8, 4) is 12.3 Å². The minimum absolute atomic E-state index is 0.150. The third-order valence-electron chi connectivity index (χ3n) is 1.70. The van der Waals surface area contributed by atoms with Gasteiger partial charge in [0.15, 0.2) is 0 Å². The highest BCUT2D eigenvalue weighted by Gasteiger charge is 2.19. The number of amides is 1. The van der Waals surface area contributed by atoms with Gasteiger partial charge in [0.05, 0.1) is 6.54 Å². The van der Waals surface area contributed by atoms with Crippen LogP contribution in [0.1, 0.15) is 12.8 Å². The summed E-state index contributed by atoms with van der Waals surface area (Å²) >= 11 is 0. The molecule has 60 valence electrons. The molecule has 11 heavy (non-hydrogen) atoms. The van der Waals surface area contributed by atoms with Gasteiger partial charge < -0.3 is 10.6 Å². The normalized spacial score (nSPS) is 22.8. The summed E-state index contributed by atoms with van der Waals surface area (Å²) in [5, 5.41) is 5.89. The van der Waals surface area contributed by atoms with Crippen molar-refractivity contribution in [1.82, 2.24) is 10.6 Å². The number of hydrogen-bond donors (Lipinski definition) is 2. The van der Waals surface area contributed by atoms with Gasteiger partial charge in [-0.2, -0.15) is 0 Å². The van der Waals surface area contributed by atoms with Crippen LogP contribution in [0.15, 0.2) is 0 Å². The topological polar surface area (TPSA) is 41.1 Å². The second-order valence-corrected chi connectivity index (χ2v) is 2.64. The van der Waals surface area contributed by atoms with Crippen molar-refractivity contribution in [2.45, 2.75) is 18.9 Å². The monoisotopic (exact) mass is 152 g/mol. The highest BCUT2D eigenvalue weighted by Crippen LogP contribution is 2.04. The predicted octanol–water partition coefficient (Wildman–Crippen LogP) is -0.512. The fourth-order valence-electron chi connectivity index (χ4n) is 1.15. The molecule has 1 fully saturated rings. The molecule has 0 aromatic carbocycles.